The summed E-state index contributed by atoms with van der Waals surface area (Å²) in [6.45, 7) is -0.0866. The van der Waals surface area contributed by atoms with Crippen molar-refractivity contribution in [3.05, 3.63) is 70.5 Å². The lowest BCUT2D eigenvalue weighted by atomic mass is 10.1. The van der Waals surface area contributed by atoms with Crippen molar-refractivity contribution >= 4 is 21.6 Å². The van der Waals surface area contributed by atoms with Gasteiger partial charge in [-0.1, -0.05) is 54.0 Å². The summed E-state index contributed by atoms with van der Waals surface area (Å²) < 4.78 is 2.60. The van der Waals surface area contributed by atoms with E-state index in [-0.39, 0.29) is 18.2 Å². The molecule has 0 saturated heterocycles. The van der Waals surface area contributed by atoms with Gasteiger partial charge in [0.25, 0.3) is 5.56 Å². The van der Waals surface area contributed by atoms with Crippen LogP contribution in [0.5, 0.6) is 0 Å². The molecule has 0 bridgehead atoms. The predicted octanol–water partition coefficient (Wildman–Crippen LogP) is 2.64. The number of nitrogens with zero attached hydrogens (tertiary/aromatic N) is 1. The van der Waals surface area contributed by atoms with Crippen LogP contribution in [0.15, 0.2) is 59.4 Å². The van der Waals surface area contributed by atoms with Gasteiger partial charge >= 0.3 is 0 Å². The van der Waals surface area contributed by atoms with Gasteiger partial charge in [0.1, 0.15) is 0 Å². The fourth-order valence-corrected chi connectivity index (χ4v) is 3.29. The highest BCUT2D eigenvalue weighted by atomic mass is 32.1. The molecule has 0 radical (unpaired) electrons. The minimum atomic E-state index is -0.314. The van der Waals surface area contributed by atoms with E-state index in [1.54, 1.807) is 3.96 Å². The van der Waals surface area contributed by atoms with Gasteiger partial charge in [-0.25, -0.2) is 0 Å². The topological polar surface area (TPSA) is 42.2 Å². The first-order valence-corrected chi connectivity index (χ1v) is 6.85. The van der Waals surface area contributed by atoms with Crippen molar-refractivity contribution < 1.29 is 5.11 Å². The van der Waals surface area contributed by atoms with E-state index in [9.17, 15) is 9.90 Å². The molecular weight excluding hydrogens is 258 g/mol. The average Bonchev–Trinajstić information content (AvgIpc) is 2.79. The third-order valence-electron chi connectivity index (χ3n) is 3.15. The van der Waals surface area contributed by atoms with Gasteiger partial charge in [0.2, 0.25) is 0 Å². The van der Waals surface area contributed by atoms with Crippen LogP contribution < -0.4 is 5.56 Å². The first-order valence-electron chi connectivity index (χ1n) is 6.07. The van der Waals surface area contributed by atoms with Gasteiger partial charge < -0.3 is 5.11 Å². The van der Waals surface area contributed by atoms with Gasteiger partial charge in [0.05, 0.1) is 22.7 Å². The van der Waals surface area contributed by atoms with Gasteiger partial charge in [-0.3, -0.25) is 8.75 Å². The molecule has 0 aliphatic heterocycles. The summed E-state index contributed by atoms with van der Waals surface area (Å²) in [5, 5.41) is 10.3. The maximum atomic E-state index is 12.4. The molecule has 3 nitrogen and oxygen atoms in total. The Kier molecular flexibility index (Phi) is 3.19. The molecule has 0 fully saturated rings. The highest BCUT2D eigenvalue weighted by molar-refractivity contribution is 7.13. The molecule has 3 rings (SSSR count). The highest BCUT2D eigenvalue weighted by Gasteiger charge is 2.17. The van der Waals surface area contributed by atoms with E-state index in [0.29, 0.717) is 5.39 Å². The minimum absolute atomic E-state index is 0.0384. The summed E-state index contributed by atoms with van der Waals surface area (Å²) in [4.78, 5) is 12.4. The van der Waals surface area contributed by atoms with Crippen molar-refractivity contribution in [2.24, 2.45) is 0 Å². The van der Waals surface area contributed by atoms with E-state index in [0.717, 1.165) is 10.3 Å². The molecule has 1 heterocycles. The first kappa shape index (κ1) is 12.1. The van der Waals surface area contributed by atoms with Crippen LogP contribution >= 0.6 is 11.5 Å². The largest absolute Gasteiger partial charge is 0.394 e. The van der Waals surface area contributed by atoms with E-state index < -0.39 is 0 Å². The van der Waals surface area contributed by atoms with Crippen molar-refractivity contribution in [3.8, 4) is 0 Å². The Labute approximate surface area is 114 Å². The molecule has 2 aromatic carbocycles. The van der Waals surface area contributed by atoms with E-state index in [4.69, 9.17) is 0 Å². The molecular formula is C15H13NO2S. The quantitative estimate of drug-likeness (QED) is 0.795. The van der Waals surface area contributed by atoms with Gasteiger partial charge in [-0.2, -0.15) is 0 Å². The number of fused-ring (bicyclic) bond motifs is 1. The van der Waals surface area contributed by atoms with Crippen molar-refractivity contribution in [2.75, 3.05) is 6.61 Å². The second-order valence-corrected chi connectivity index (χ2v) is 5.34. The van der Waals surface area contributed by atoms with Gasteiger partial charge in [0.15, 0.2) is 0 Å². The maximum absolute atomic E-state index is 12.4. The smallest absolute Gasteiger partial charge is 0.269 e. The summed E-state index contributed by atoms with van der Waals surface area (Å²) in [5.41, 5.74) is 0.905. The number of aliphatic hydroxyl groups excluding tert-OH is 1. The number of aliphatic hydroxyl groups is 1. The molecule has 1 atom stereocenters. The Morgan fingerprint density at radius 1 is 1.05 bits per heavy atom. The zero-order valence-corrected chi connectivity index (χ0v) is 11.0. The molecule has 0 saturated carbocycles. The van der Waals surface area contributed by atoms with Crippen LogP contribution in [0, 0.1) is 0 Å². The minimum Gasteiger partial charge on any atom is -0.394 e. The van der Waals surface area contributed by atoms with Crippen LogP contribution in [-0.4, -0.2) is 15.7 Å². The van der Waals surface area contributed by atoms with Gasteiger partial charge in [0, 0.05) is 0 Å². The SMILES string of the molecule is O=c1c2ccccc2sn1[C@H](CO)c1ccccc1. The van der Waals surface area contributed by atoms with Crippen molar-refractivity contribution in [3.63, 3.8) is 0 Å². The third-order valence-corrected chi connectivity index (χ3v) is 4.32. The molecule has 0 spiro atoms. The predicted molar refractivity (Wildman–Crippen MR) is 77.8 cm³/mol. The van der Waals surface area contributed by atoms with E-state index >= 15 is 0 Å². The number of rotatable bonds is 3. The monoisotopic (exact) mass is 271 g/mol. The molecule has 4 heteroatoms. The lowest BCUT2D eigenvalue weighted by molar-refractivity contribution is 0.254. The Morgan fingerprint density at radius 3 is 2.42 bits per heavy atom. The first-order chi connectivity index (χ1) is 9.31. The Balaban J connectivity index is 2.17. The van der Waals surface area contributed by atoms with E-state index in [1.807, 2.05) is 54.6 Å². The fourth-order valence-electron chi connectivity index (χ4n) is 2.18. The van der Waals surface area contributed by atoms with Crippen LogP contribution in [0.3, 0.4) is 0 Å². The van der Waals surface area contributed by atoms with Crippen LogP contribution in [0.1, 0.15) is 11.6 Å². The Bertz CT molecular complexity index is 745. The molecule has 0 aliphatic rings. The molecule has 1 N–H and O–H groups in total. The number of hydrogen-bond donors (Lipinski definition) is 1. The molecule has 19 heavy (non-hydrogen) atoms. The van der Waals surface area contributed by atoms with E-state index in [2.05, 4.69) is 0 Å². The number of aromatic nitrogens is 1. The third kappa shape index (κ3) is 2.09. The highest BCUT2D eigenvalue weighted by Crippen LogP contribution is 2.23. The fraction of sp³-hybridized carbons (Fsp3) is 0.133. The molecule has 3 aromatic rings. The average molecular weight is 271 g/mol. The second-order valence-electron chi connectivity index (χ2n) is 4.33. The maximum Gasteiger partial charge on any atom is 0.269 e. The van der Waals surface area contributed by atoms with Crippen LogP contribution in [0.2, 0.25) is 0 Å². The molecule has 0 unspecified atom stereocenters. The Morgan fingerprint density at radius 2 is 1.74 bits per heavy atom. The lowest BCUT2D eigenvalue weighted by Gasteiger charge is -2.14. The Hall–Kier alpha value is -1.91. The lowest BCUT2D eigenvalue weighted by Crippen LogP contribution is -2.22. The number of hydrogen-bond acceptors (Lipinski definition) is 3. The van der Waals surface area contributed by atoms with Crippen molar-refractivity contribution in [1.82, 2.24) is 3.96 Å². The second kappa shape index (κ2) is 4.99. The summed E-state index contributed by atoms with van der Waals surface area (Å²) in [6.07, 6.45) is 0. The molecule has 96 valence electrons. The van der Waals surface area contributed by atoms with Crippen molar-refractivity contribution in [2.45, 2.75) is 6.04 Å². The summed E-state index contributed by atoms with van der Waals surface area (Å²) in [7, 11) is 0. The zero-order chi connectivity index (χ0) is 13.2. The van der Waals surface area contributed by atoms with Gasteiger partial charge in [-0.15, -0.1) is 0 Å². The normalized spacial score (nSPS) is 12.7. The van der Waals surface area contributed by atoms with Gasteiger partial charge in [-0.05, 0) is 17.7 Å². The summed E-state index contributed by atoms with van der Waals surface area (Å²) in [6, 6.07) is 16.8. The summed E-state index contributed by atoms with van der Waals surface area (Å²) >= 11 is 1.40. The molecule has 0 amide bonds. The van der Waals surface area contributed by atoms with Crippen LogP contribution in [0.25, 0.3) is 10.1 Å². The zero-order valence-electron chi connectivity index (χ0n) is 10.2. The van der Waals surface area contributed by atoms with Crippen molar-refractivity contribution in [1.29, 1.82) is 0 Å². The van der Waals surface area contributed by atoms with Crippen LogP contribution in [-0.2, 0) is 0 Å². The standard InChI is InChI=1S/C15H13NO2S/c17-10-13(11-6-2-1-3-7-11)16-15(18)12-8-4-5-9-14(12)19-16/h1-9,13,17H,10H2/t13-/m1/s1. The van der Waals surface area contributed by atoms with Crippen LogP contribution in [0.4, 0.5) is 0 Å². The molecule has 1 aromatic heterocycles. The molecule has 0 aliphatic carbocycles. The number of benzene rings is 2. The summed E-state index contributed by atoms with van der Waals surface area (Å²) in [5.74, 6) is 0. The van der Waals surface area contributed by atoms with E-state index in [1.165, 1.54) is 11.5 Å².